The van der Waals surface area contributed by atoms with Gasteiger partial charge >= 0.3 is 0 Å². The molecule has 1 N–H and O–H groups in total. The van der Waals surface area contributed by atoms with Gasteiger partial charge in [0, 0.05) is 36.1 Å². The Labute approximate surface area is 177 Å². The molecule has 3 aromatic rings. The standard InChI is InChI=1S/C25H26N2OS/c1-19(28)23-8-5-9-25(16-23)29-26-24-14-15-27(18-24)17-20-10-12-22(13-11-20)21-6-3-2-4-7-21/h2-13,16,24,26H,14-15,17-18H2,1H3. The van der Waals surface area contributed by atoms with Crippen LogP contribution in [0.25, 0.3) is 11.1 Å². The zero-order chi connectivity index (χ0) is 20.1. The summed E-state index contributed by atoms with van der Waals surface area (Å²) in [5.41, 5.74) is 4.64. The van der Waals surface area contributed by atoms with Gasteiger partial charge in [-0.15, -0.1) is 0 Å². The van der Waals surface area contributed by atoms with Gasteiger partial charge in [0.2, 0.25) is 0 Å². The molecular formula is C25H26N2OS. The van der Waals surface area contributed by atoms with Crippen molar-refractivity contribution in [3.63, 3.8) is 0 Å². The molecule has 148 valence electrons. The lowest BCUT2D eigenvalue weighted by atomic mass is 10.0. The number of carbonyl (C=O) groups is 1. The lowest BCUT2D eigenvalue weighted by Gasteiger charge is -2.17. The van der Waals surface area contributed by atoms with Crippen LogP contribution < -0.4 is 4.72 Å². The summed E-state index contributed by atoms with van der Waals surface area (Å²) in [5, 5.41) is 0. The first-order valence-corrected chi connectivity index (χ1v) is 10.9. The van der Waals surface area contributed by atoms with E-state index < -0.39 is 0 Å². The van der Waals surface area contributed by atoms with E-state index in [0.29, 0.717) is 6.04 Å². The highest BCUT2D eigenvalue weighted by atomic mass is 32.2. The van der Waals surface area contributed by atoms with E-state index in [1.165, 1.54) is 16.7 Å². The van der Waals surface area contributed by atoms with Gasteiger partial charge in [0.05, 0.1) is 0 Å². The van der Waals surface area contributed by atoms with Gasteiger partial charge in [-0.2, -0.15) is 0 Å². The predicted octanol–water partition coefficient (Wildman–Crippen LogP) is 5.43. The summed E-state index contributed by atoms with van der Waals surface area (Å²) in [4.78, 5) is 15.1. The first-order valence-electron chi connectivity index (χ1n) is 10.1. The normalized spacial score (nSPS) is 16.8. The van der Waals surface area contributed by atoms with Crippen molar-refractivity contribution in [2.75, 3.05) is 13.1 Å². The molecule has 3 nitrogen and oxygen atoms in total. The number of Topliss-reactive ketones (excluding diaryl/α,β-unsaturated/α-hetero) is 1. The Kier molecular flexibility index (Phi) is 6.45. The van der Waals surface area contributed by atoms with E-state index in [4.69, 9.17) is 0 Å². The summed E-state index contributed by atoms with van der Waals surface area (Å²) in [5.74, 6) is 0.109. The molecule has 0 saturated carbocycles. The minimum Gasteiger partial charge on any atom is -0.297 e. The van der Waals surface area contributed by atoms with Crippen molar-refractivity contribution in [1.29, 1.82) is 0 Å². The minimum absolute atomic E-state index is 0.109. The third-order valence-corrected chi connectivity index (χ3v) is 6.26. The Morgan fingerprint density at radius 1 is 1.00 bits per heavy atom. The van der Waals surface area contributed by atoms with E-state index >= 15 is 0 Å². The molecular weight excluding hydrogens is 376 g/mol. The molecule has 1 heterocycles. The fourth-order valence-electron chi connectivity index (χ4n) is 3.69. The number of benzene rings is 3. The number of nitrogens with one attached hydrogen (secondary N) is 1. The Bertz CT molecular complexity index is 956. The molecule has 0 aliphatic carbocycles. The summed E-state index contributed by atoms with van der Waals surface area (Å²) in [6.07, 6.45) is 1.14. The molecule has 4 rings (SSSR count). The maximum absolute atomic E-state index is 11.5. The second-order valence-corrected chi connectivity index (χ2v) is 8.50. The number of rotatable bonds is 7. The molecule has 1 unspecified atom stereocenters. The Morgan fingerprint density at radius 2 is 1.76 bits per heavy atom. The van der Waals surface area contributed by atoms with E-state index in [1.54, 1.807) is 18.9 Å². The van der Waals surface area contributed by atoms with Crippen molar-refractivity contribution in [1.82, 2.24) is 9.62 Å². The molecule has 3 aromatic carbocycles. The molecule has 1 saturated heterocycles. The third kappa shape index (κ3) is 5.36. The van der Waals surface area contributed by atoms with E-state index in [0.717, 1.165) is 36.5 Å². The van der Waals surface area contributed by atoms with E-state index in [1.807, 2.05) is 30.3 Å². The highest BCUT2D eigenvalue weighted by Crippen LogP contribution is 2.23. The first kappa shape index (κ1) is 19.9. The van der Waals surface area contributed by atoms with Gasteiger partial charge in [0.15, 0.2) is 5.78 Å². The summed E-state index contributed by atoms with van der Waals surface area (Å²) in [6.45, 7) is 4.74. The van der Waals surface area contributed by atoms with Gasteiger partial charge in [-0.1, -0.05) is 66.7 Å². The van der Waals surface area contributed by atoms with Gasteiger partial charge < -0.3 is 0 Å². The number of likely N-dealkylation sites (tertiary alicyclic amines) is 1. The molecule has 0 radical (unpaired) electrons. The van der Waals surface area contributed by atoms with E-state index in [9.17, 15) is 4.79 Å². The monoisotopic (exact) mass is 402 g/mol. The number of nitrogens with zero attached hydrogens (tertiary/aromatic N) is 1. The largest absolute Gasteiger partial charge is 0.297 e. The molecule has 0 spiro atoms. The zero-order valence-electron chi connectivity index (χ0n) is 16.7. The van der Waals surface area contributed by atoms with Crippen LogP contribution >= 0.6 is 11.9 Å². The summed E-state index contributed by atoms with van der Waals surface area (Å²) in [7, 11) is 0. The van der Waals surface area contributed by atoms with Crippen molar-refractivity contribution in [2.24, 2.45) is 0 Å². The second kappa shape index (κ2) is 9.40. The van der Waals surface area contributed by atoms with E-state index in [2.05, 4.69) is 58.2 Å². The van der Waals surface area contributed by atoms with Crippen molar-refractivity contribution < 1.29 is 4.79 Å². The third-order valence-electron chi connectivity index (χ3n) is 5.32. The van der Waals surface area contributed by atoms with Gasteiger partial charge in [-0.3, -0.25) is 14.4 Å². The topological polar surface area (TPSA) is 32.3 Å². The molecule has 29 heavy (non-hydrogen) atoms. The van der Waals surface area contributed by atoms with Gasteiger partial charge in [-0.25, -0.2) is 0 Å². The number of ketones is 1. The van der Waals surface area contributed by atoms with Gasteiger partial charge in [-0.05, 0) is 54.1 Å². The maximum atomic E-state index is 11.5. The van der Waals surface area contributed by atoms with Gasteiger partial charge in [0.25, 0.3) is 0 Å². The molecule has 4 heteroatoms. The van der Waals surface area contributed by atoms with E-state index in [-0.39, 0.29) is 5.78 Å². The Hall–Kier alpha value is -2.40. The van der Waals surface area contributed by atoms with Crippen LogP contribution in [0.1, 0.15) is 29.3 Å². The molecule has 0 bridgehead atoms. The average Bonchev–Trinajstić information content (AvgIpc) is 3.21. The SMILES string of the molecule is CC(=O)c1cccc(SNC2CCN(Cc3ccc(-c4ccccc4)cc3)C2)c1. The van der Waals surface area contributed by atoms with Gasteiger partial charge in [0.1, 0.15) is 0 Å². The van der Waals surface area contributed by atoms with Crippen molar-refractivity contribution in [2.45, 2.75) is 30.8 Å². The van der Waals surface area contributed by atoms with Crippen molar-refractivity contribution in [3.05, 3.63) is 90.0 Å². The smallest absolute Gasteiger partial charge is 0.159 e. The molecule has 1 fully saturated rings. The summed E-state index contributed by atoms with van der Waals surface area (Å²) in [6, 6.07) is 27.7. The summed E-state index contributed by atoms with van der Waals surface area (Å²) < 4.78 is 3.57. The van der Waals surface area contributed by atoms with Crippen LogP contribution in [0, 0.1) is 0 Å². The number of hydrogen-bond donors (Lipinski definition) is 1. The molecule has 1 atom stereocenters. The highest BCUT2D eigenvalue weighted by molar-refractivity contribution is 7.97. The number of carbonyl (C=O) groups excluding carboxylic acids is 1. The highest BCUT2D eigenvalue weighted by Gasteiger charge is 2.22. The lowest BCUT2D eigenvalue weighted by Crippen LogP contribution is -2.28. The Balaban J connectivity index is 1.28. The molecule has 0 amide bonds. The molecule has 1 aliphatic rings. The van der Waals surface area contributed by atoms with Crippen LogP contribution in [-0.4, -0.2) is 29.8 Å². The van der Waals surface area contributed by atoms with Crippen LogP contribution in [0.5, 0.6) is 0 Å². The molecule has 0 aromatic heterocycles. The van der Waals surface area contributed by atoms with Crippen LogP contribution in [0.3, 0.4) is 0 Å². The van der Waals surface area contributed by atoms with Crippen LogP contribution in [0.2, 0.25) is 0 Å². The van der Waals surface area contributed by atoms with Crippen molar-refractivity contribution >= 4 is 17.7 Å². The predicted molar refractivity (Wildman–Crippen MR) is 121 cm³/mol. The van der Waals surface area contributed by atoms with Crippen LogP contribution in [0.4, 0.5) is 0 Å². The average molecular weight is 403 g/mol. The zero-order valence-corrected chi connectivity index (χ0v) is 17.5. The minimum atomic E-state index is 0.109. The van der Waals surface area contributed by atoms with Crippen LogP contribution in [0.15, 0.2) is 83.8 Å². The summed E-state index contributed by atoms with van der Waals surface area (Å²) >= 11 is 1.63. The van der Waals surface area contributed by atoms with Crippen LogP contribution in [-0.2, 0) is 6.54 Å². The molecule has 1 aliphatic heterocycles. The lowest BCUT2D eigenvalue weighted by molar-refractivity contribution is 0.101. The fraction of sp³-hybridized carbons (Fsp3) is 0.240. The van der Waals surface area contributed by atoms with Crippen molar-refractivity contribution in [3.8, 4) is 11.1 Å². The fourth-order valence-corrected chi connectivity index (χ4v) is 4.52. The first-order chi connectivity index (χ1) is 14.2. The Morgan fingerprint density at radius 3 is 2.52 bits per heavy atom. The number of hydrogen-bond acceptors (Lipinski definition) is 4. The second-order valence-electron chi connectivity index (χ2n) is 7.59. The quantitative estimate of drug-likeness (QED) is 0.422. The maximum Gasteiger partial charge on any atom is 0.159 e.